The fraction of sp³-hybridized carbons (Fsp3) is 1.00. The molecule has 0 bridgehead atoms. The van der Waals surface area contributed by atoms with E-state index in [2.05, 4.69) is 0 Å². The molecule has 0 amide bonds. The van der Waals surface area contributed by atoms with Gasteiger partial charge in [-0.15, -0.1) is 0 Å². The summed E-state index contributed by atoms with van der Waals surface area (Å²) in [5.41, 5.74) is 0. The van der Waals surface area contributed by atoms with Crippen molar-refractivity contribution in [2.75, 3.05) is 21.1 Å². The van der Waals surface area contributed by atoms with Crippen molar-refractivity contribution in [3.63, 3.8) is 0 Å². The molecule has 0 aliphatic carbocycles. The van der Waals surface area contributed by atoms with Crippen LogP contribution in [0.3, 0.4) is 0 Å². The molecule has 0 radical (unpaired) electrons. The molecule has 3 heteroatoms. The van der Waals surface area contributed by atoms with Crippen molar-refractivity contribution in [1.82, 2.24) is 4.90 Å². The second kappa shape index (κ2) is 9.75. The van der Waals surface area contributed by atoms with E-state index in [-0.39, 0.29) is 56.9 Å². The van der Waals surface area contributed by atoms with Crippen LogP contribution < -0.4 is 51.4 Å². The summed E-state index contributed by atoms with van der Waals surface area (Å²) in [5, 5.41) is 0. The van der Waals surface area contributed by atoms with Crippen LogP contribution in [0, 0.1) is 0 Å². The van der Waals surface area contributed by atoms with Crippen molar-refractivity contribution < 1.29 is 56.9 Å². The standard InChI is InChI=1S/C3H9N.K.H2O/c1-4(2)3;;/h1-3H3;;1H2/q;+1;/p-1. The van der Waals surface area contributed by atoms with Crippen LogP contribution in [0.5, 0.6) is 0 Å². The smallest absolute Gasteiger partial charge is 0.870 e. The summed E-state index contributed by atoms with van der Waals surface area (Å²) in [5.74, 6) is 0. The quantitative estimate of drug-likeness (QED) is 0.315. The second-order valence-corrected chi connectivity index (χ2v) is 1.34. The summed E-state index contributed by atoms with van der Waals surface area (Å²) >= 11 is 0. The van der Waals surface area contributed by atoms with E-state index in [1.165, 1.54) is 0 Å². The van der Waals surface area contributed by atoms with Gasteiger partial charge in [0.1, 0.15) is 0 Å². The number of rotatable bonds is 0. The van der Waals surface area contributed by atoms with Crippen LogP contribution in [0.25, 0.3) is 0 Å². The third-order valence-electron chi connectivity index (χ3n) is 0. The van der Waals surface area contributed by atoms with E-state index in [1.807, 2.05) is 26.0 Å². The predicted molar refractivity (Wildman–Crippen MR) is 21.5 cm³/mol. The summed E-state index contributed by atoms with van der Waals surface area (Å²) < 4.78 is 0. The van der Waals surface area contributed by atoms with Crippen LogP contribution in [0.1, 0.15) is 0 Å². The van der Waals surface area contributed by atoms with E-state index in [1.54, 1.807) is 0 Å². The van der Waals surface area contributed by atoms with Crippen molar-refractivity contribution in [2.24, 2.45) is 0 Å². The fourth-order valence-electron chi connectivity index (χ4n) is 0. The molecule has 0 spiro atoms. The van der Waals surface area contributed by atoms with Gasteiger partial charge in [-0.3, -0.25) is 0 Å². The van der Waals surface area contributed by atoms with Crippen molar-refractivity contribution in [2.45, 2.75) is 0 Å². The Bertz CT molecular complexity index is 15.5. The van der Waals surface area contributed by atoms with E-state index in [9.17, 15) is 0 Å². The zero-order valence-corrected chi connectivity index (χ0v) is 8.02. The third-order valence-corrected chi connectivity index (χ3v) is 0. The molecule has 0 fully saturated rings. The Kier molecular flexibility index (Phi) is 25.4. The maximum atomic E-state index is 2.00. The Hall–Kier alpha value is 1.56. The SMILES string of the molecule is CN(C)C.[K+].[OH-]. The van der Waals surface area contributed by atoms with E-state index in [0.29, 0.717) is 0 Å². The molecule has 34 valence electrons. The monoisotopic (exact) mass is 115 g/mol. The minimum absolute atomic E-state index is 0. The Morgan fingerprint density at radius 1 is 1.00 bits per heavy atom. The fourth-order valence-corrected chi connectivity index (χ4v) is 0. The maximum Gasteiger partial charge on any atom is 1.00 e. The Morgan fingerprint density at radius 2 is 1.00 bits per heavy atom. The van der Waals surface area contributed by atoms with Gasteiger partial charge < -0.3 is 10.4 Å². The molecule has 0 aromatic carbocycles. The molecule has 6 heavy (non-hydrogen) atoms. The van der Waals surface area contributed by atoms with Crippen molar-refractivity contribution >= 4 is 0 Å². The van der Waals surface area contributed by atoms with Gasteiger partial charge in [0, 0.05) is 0 Å². The Balaban J connectivity index is -0.0000000450. The molecule has 0 aromatic heterocycles. The van der Waals surface area contributed by atoms with Gasteiger partial charge in [-0.25, -0.2) is 0 Å². The number of nitrogens with zero attached hydrogens (tertiary/aromatic N) is 1. The molecule has 0 saturated heterocycles. The van der Waals surface area contributed by atoms with Crippen LogP contribution in [-0.2, 0) is 0 Å². The minimum Gasteiger partial charge on any atom is -0.870 e. The van der Waals surface area contributed by atoms with E-state index < -0.39 is 0 Å². The molecule has 1 N–H and O–H groups in total. The Labute approximate surface area is 81.6 Å². The number of hydrogen-bond donors (Lipinski definition) is 0. The van der Waals surface area contributed by atoms with Crippen molar-refractivity contribution in [1.29, 1.82) is 0 Å². The summed E-state index contributed by atoms with van der Waals surface area (Å²) in [6, 6.07) is 0. The van der Waals surface area contributed by atoms with E-state index >= 15 is 0 Å². The average Bonchev–Trinajstić information content (AvgIpc) is 0.811. The Morgan fingerprint density at radius 3 is 1.00 bits per heavy atom. The van der Waals surface area contributed by atoms with Crippen LogP contribution in [-0.4, -0.2) is 31.5 Å². The van der Waals surface area contributed by atoms with Crippen LogP contribution >= 0.6 is 0 Å². The topological polar surface area (TPSA) is 33.2 Å². The molecular weight excluding hydrogens is 105 g/mol. The van der Waals surface area contributed by atoms with Crippen molar-refractivity contribution in [3.05, 3.63) is 0 Å². The molecule has 0 saturated carbocycles. The van der Waals surface area contributed by atoms with Gasteiger partial charge in [0.15, 0.2) is 0 Å². The first-order valence-corrected chi connectivity index (χ1v) is 1.34. The summed E-state index contributed by atoms with van der Waals surface area (Å²) in [6.45, 7) is 0. The van der Waals surface area contributed by atoms with Gasteiger partial charge in [0.25, 0.3) is 0 Å². The second-order valence-electron chi connectivity index (χ2n) is 1.34. The van der Waals surface area contributed by atoms with Gasteiger partial charge in [0.2, 0.25) is 0 Å². The van der Waals surface area contributed by atoms with Gasteiger partial charge in [0.05, 0.1) is 0 Å². The molecular formula is C3H10KNO. The molecule has 2 nitrogen and oxygen atoms in total. The van der Waals surface area contributed by atoms with Crippen LogP contribution in [0.2, 0.25) is 0 Å². The number of hydrogen-bond acceptors (Lipinski definition) is 2. The van der Waals surface area contributed by atoms with E-state index in [0.717, 1.165) is 0 Å². The third kappa shape index (κ3) is 47.6. The first-order chi connectivity index (χ1) is 1.73. The predicted octanol–water partition coefficient (Wildman–Crippen LogP) is -2.99. The molecule has 0 atom stereocenters. The summed E-state index contributed by atoms with van der Waals surface area (Å²) in [7, 11) is 6.00. The van der Waals surface area contributed by atoms with Crippen molar-refractivity contribution in [3.8, 4) is 0 Å². The zero-order chi connectivity index (χ0) is 3.58. The minimum atomic E-state index is 0. The van der Waals surface area contributed by atoms with Crippen LogP contribution in [0.15, 0.2) is 0 Å². The first-order valence-electron chi connectivity index (χ1n) is 1.34. The summed E-state index contributed by atoms with van der Waals surface area (Å²) in [6.07, 6.45) is 0. The van der Waals surface area contributed by atoms with Gasteiger partial charge in [-0.2, -0.15) is 0 Å². The molecule has 0 aliphatic rings. The van der Waals surface area contributed by atoms with Crippen LogP contribution in [0.4, 0.5) is 0 Å². The van der Waals surface area contributed by atoms with E-state index in [4.69, 9.17) is 0 Å². The molecule has 0 aliphatic heterocycles. The maximum absolute atomic E-state index is 2.00. The average molecular weight is 115 g/mol. The van der Waals surface area contributed by atoms with Gasteiger partial charge in [-0.1, -0.05) is 0 Å². The zero-order valence-electron chi connectivity index (χ0n) is 4.89. The normalized spacial score (nSPS) is 6.00. The van der Waals surface area contributed by atoms with Gasteiger partial charge in [-0.05, 0) is 21.1 Å². The molecule has 0 rings (SSSR count). The largest absolute Gasteiger partial charge is 1.00 e. The molecule has 0 aromatic rings. The summed E-state index contributed by atoms with van der Waals surface area (Å²) in [4.78, 5) is 2.00. The van der Waals surface area contributed by atoms with Gasteiger partial charge >= 0.3 is 51.4 Å². The molecule has 0 heterocycles. The molecule has 0 unspecified atom stereocenters. The first kappa shape index (κ1) is 15.6.